The maximum atomic E-state index is 13.1. The number of benzene rings is 3. The molecule has 3 aromatic rings. The summed E-state index contributed by atoms with van der Waals surface area (Å²) in [6.45, 7) is 0.00973. The van der Waals surface area contributed by atoms with Crippen molar-refractivity contribution in [1.29, 1.82) is 0 Å². The third-order valence-corrected chi connectivity index (χ3v) is 5.35. The van der Waals surface area contributed by atoms with Crippen molar-refractivity contribution in [2.75, 3.05) is 18.0 Å². The van der Waals surface area contributed by atoms with Crippen LogP contribution in [0.4, 0.5) is 32.0 Å². The van der Waals surface area contributed by atoms with Crippen LogP contribution in [-0.2, 0) is 12.4 Å². The highest BCUT2D eigenvalue weighted by Crippen LogP contribution is 2.36. The summed E-state index contributed by atoms with van der Waals surface area (Å²) in [5.74, 6) is -1.45. The van der Waals surface area contributed by atoms with Crippen LogP contribution in [-0.4, -0.2) is 24.9 Å². The van der Waals surface area contributed by atoms with E-state index >= 15 is 0 Å². The van der Waals surface area contributed by atoms with Crippen molar-refractivity contribution in [3.63, 3.8) is 0 Å². The lowest BCUT2D eigenvalue weighted by molar-refractivity contribution is -0.143. The van der Waals surface area contributed by atoms with Gasteiger partial charge < -0.3 is 10.2 Å². The highest BCUT2D eigenvalue weighted by molar-refractivity contribution is 6.30. The molecule has 0 aliphatic carbocycles. The van der Waals surface area contributed by atoms with Crippen LogP contribution in [0.15, 0.2) is 72.8 Å². The van der Waals surface area contributed by atoms with Gasteiger partial charge in [0.1, 0.15) is 0 Å². The Labute approximate surface area is 207 Å². The Balaban J connectivity index is 1.71. The quantitative estimate of drug-likeness (QED) is 0.269. The summed E-state index contributed by atoms with van der Waals surface area (Å²) in [6, 6.07) is 15.5. The van der Waals surface area contributed by atoms with Gasteiger partial charge in [-0.15, -0.1) is 0 Å². The number of amides is 2. The fourth-order valence-electron chi connectivity index (χ4n) is 3.33. The maximum absolute atomic E-state index is 13.1. The van der Waals surface area contributed by atoms with Crippen LogP contribution in [0.5, 0.6) is 0 Å². The number of nitrogens with zero attached hydrogens (tertiary/aromatic N) is 1. The predicted octanol–water partition coefficient (Wildman–Crippen LogP) is 6.84. The first-order chi connectivity index (χ1) is 16.9. The molecule has 0 radical (unpaired) electrons. The van der Waals surface area contributed by atoms with Crippen molar-refractivity contribution < 1.29 is 35.9 Å². The van der Waals surface area contributed by atoms with Crippen LogP contribution in [0.25, 0.3) is 0 Å². The van der Waals surface area contributed by atoms with Crippen LogP contribution >= 0.6 is 11.6 Å². The molecular weight excluding hydrogens is 510 g/mol. The normalized spacial score (nSPS) is 11.8. The first-order valence-corrected chi connectivity index (χ1v) is 10.9. The zero-order valence-electron chi connectivity index (χ0n) is 18.5. The van der Waals surface area contributed by atoms with Gasteiger partial charge in [-0.25, -0.2) is 0 Å². The summed E-state index contributed by atoms with van der Waals surface area (Å²) in [5, 5.41) is 2.77. The lowest BCUT2D eigenvalue weighted by Gasteiger charge is -2.23. The van der Waals surface area contributed by atoms with E-state index in [0.717, 1.165) is 0 Å². The fraction of sp³-hybridized carbons (Fsp3) is 0.200. The Morgan fingerprint density at radius 1 is 0.778 bits per heavy atom. The van der Waals surface area contributed by atoms with Crippen molar-refractivity contribution in [2.24, 2.45) is 0 Å². The molecular formula is C25H19ClF6N2O2. The first-order valence-electron chi connectivity index (χ1n) is 10.6. The zero-order valence-corrected chi connectivity index (χ0v) is 19.2. The second kappa shape index (κ2) is 11.0. The summed E-state index contributed by atoms with van der Waals surface area (Å²) in [7, 11) is 0. The Kier molecular flexibility index (Phi) is 8.29. The van der Waals surface area contributed by atoms with Gasteiger partial charge in [0.2, 0.25) is 0 Å². The average molecular weight is 529 g/mol. The molecule has 0 aromatic heterocycles. The molecule has 36 heavy (non-hydrogen) atoms. The lowest BCUT2D eigenvalue weighted by Crippen LogP contribution is -2.34. The molecule has 0 fully saturated rings. The zero-order chi connectivity index (χ0) is 26.5. The molecule has 3 aromatic carbocycles. The second-order valence-electron chi connectivity index (χ2n) is 7.70. The van der Waals surface area contributed by atoms with Crippen molar-refractivity contribution in [3.8, 4) is 0 Å². The Morgan fingerprint density at radius 3 is 1.86 bits per heavy atom. The molecule has 0 heterocycles. The lowest BCUT2D eigenvalue weighted by atomic mass is 10.0. The molecule has 0 saturated heterocycles. The molecule has 0 aliphatic heterocycles. The topological polar surface area (TPSA) is 49.4 Å². The van der Waals surface area contributed by atoms with E-state index in [1.807, 2.05) is 0 Å². The van der Waals surface area contributed by atoms with Crippen molar-refractivity contribution >= 4 is 29.1 Å². The van der Waals surface area contributed by atoms with Crippen LogP contribution in [0.1, 0.15) is 38.3 Å². The number of alkyl halides is 6. The van der Waals surface area contributed by atoms with Crippen molar-refractivity contribution in [2.45, 2.75) is 18.8 Å². The summed E-state index contributed by atoms with van der Waals surface area (Å²) in [4.78, 5) is 26.9. The van der Waals surface area contributed by atoms with E-state index in [0.29, 0.717) is 28.4 Å². The number of carbonyl (C=O) groups is 2. The van der Waals surface area contributed by atoms with E-state index < -0.39 is 35.0 Å². The number of rotatable bonds is 7. The van der Waals surface area contributed by atoms with Crippen molar-refractivity contribution in [1.82, 2.24) is 5.32 Å². The molecule has 0 atom stereocenters. The number of hydrogen-bond donors (Lipinski definition) is 1. The monoisotopic (exact) mass is 528 g/mol. The van der Waals surface area contributed by atoms with E-state index in [-0.39, 0.29) is 31.5 Å². The highest BCUT2D eigenvalue weighted by atomic mass is 35.5. The molecule has 0 saturated carbocycles. The molecule has 0 spiro atoms. The minimum atomic E-state index is -5.06. The summed E-state index contributed by atoms with van der Waals surface area (Å²) in [5.41, 5.74) is -3.00. The predicted molar refractivity (Wildman–Crippen MR) is 123 cm³/mol. The standard InChI is InChI=1S/C25H19ClF6N2O2/c26-20-9-7-16(8-10-20)23(36)34(21-5-2-1-3-6-21)12-4-11-33-22(35)17-13-18(24(27,28)29)15-19(14-17)25(30,31)32/h1-3,5-10,13-15H,4,11-12H2,(H,33,35). The summed E-state index contributed by atoms with van der Waals surface area (Å²) < 4.78 is 78.3. The first kappa shape index (κ1) is 27.1. The fourth-order valence-corrected chi connectivity index (χ4v) is 3.46. The molecule has 11 heteroatoms. The number of hydrogen-bond acceptors (Lipinski definition) is 2. The van der Waals surface area contributed by atoms with Gasteiger partial charge in [-0.05, 0) is 61.0 Å². The minimum absolute atomic E-state index is 0.0448. The molecule has 0 bridgehead atoms. The van der Waals surface area contributed by atoms with Crippen LogP contribution < -0.4 is 10.2 Å². The third-order valence-electron chi connectivity index (χ3n) is 5.10. The van der Waals surface area contributed by atoms with Gasteiger partial charge in [-0.2, -0.15) is 26.3 Å². The van der Waals surface area contributed by atoms with Crippen LogP contribution in [0.3, 0.4) is 0 Å². The summed E-state index contributed by atoms with van der Waals surface area (Å²) in [6.07, 6.45) is -9.95. The Hall–Kier alpha value is -3.53. The van der Waals surface area contributed by atoms with Crippen molar-refractivity contribution in [3.05, 3.63) is 100 Å². The molecule has 3 rings (SSSR count). The smallest absolute Gasteiger partial charge is 0.352 e. The summed E-state index contributed by atoms with van der Waals surface area (Å²) >= 11 is 5.87. The molecule has 4 nitrogen and oxygen atoms in total. The van der Waals surface area contributed by atoms with Gasteiger partial charge >= 0.3 is 12.4 Å². The van der Waals surface area contributed by atoms with Crippen LogP contribution in [0, 0.1) is 0 Å². The number of para-hydroxylation sites is 1. The number of carbonyl (C=O) groups excluding carboxylic acids is 2. The molecule has 190 valence electrons. The second-order valence-corrected chi connectivity index (χ2v) is 8.14. The van der Waals surface area contributed by atoms with Gasteiger partial charge in [0.15, 0.2) is 0 Å². The van der Waals surface area contributed by atoms with Gasteiger partial charge in [0.25, 0.3) is 11.8 Å². The number of anilines is 1. The molecule has 0 aliphatic rings. The van der Waals surface area contributed by atoms with Gasteiger partial charge in [0, 0.05) is 34.9 Å². The number of nitrogens with one attached hydrogen (secondary N) is 1. The minimum Gasteiger partial charge on any atom is -0.352 e. The van der Waals surface area contributed by atoms with E-state index in [1.54, 1.807) is 54.6 Å². The maximum Gasteiger partial charge on any atom is 0.416 e. The highest BCUT2D eigenvalue weighted by Gasteiger charge is 2.37. The van der Waals surface area contributed by atoms with Gasteiger partial charge in [-0.3, -0.25) is 9.59 Å². The van der Waals surface area contributed by atoms with E-state index in [2.05, 4.69) is 5.32 Å². The van der Waals surface area contributed by atoms with Gasteiger partial charge in [0.05, 0.1) is 11.1 Å². The Bertz CT molecular complexity index is 1180. The average Bonchev–Trinajstić information content (AvgIpc) is 2.83. The third kappa shape index (κ3) is 7.00. The molecule has 0 unspecified atom stereocenters. The SMILES string of the molecule is O=C(NCCCN(C(=O)c1ccc(Cl)cc1)c1ccccc1)c1cc(C(F)(F)F)cc(C(F)(F)F)c1. The van der Waals surface area contributed by atoms with Crippen LogP contribution in [0.2, 0.25) is 5.02 Å². The van der Waals surface area contributed by atoms with Gasteiger partial charge in [-0.1, -0.05) is 29.8 Å². The number of halogens is 7. The van der Waals surface area contributed by atoms with E-state index in [4.69, 9.17) is 11.6 Å². The van der Waals surface area contributed by atoms with E-state index in [9.17, 15) is 35.9 Å². The Morgan fingerprint density at radius 2 is 1.33 bits per heavy atom. The largest absolute Gasteiger partial charge is 0.416 e. The van der Waals surface area contributed by atoms with E-state index in [1.165, 1.54) is 4.90 Å². The molecule has 2 amide bonds. The molecule has 1 N–H and O–H groups in total.